The second-order valence-corrected chi connectivity index (χ2v) is 9.78. The van der Waals surface area contributed by atoms with Gasteiger partial charge in [-0.15, -0.1) is 0 Å². The molecule has 2 aromatic carbocycles. The maximum Gasteiger partial charge on any atom is 0.387 e. The zero-order chi connectivity index (χ0) is 25.2. The molecule has 11 heteroatoms. The van der Waals surface area contributed by atoms with Gasteiger partial charge >= 0.3 is 6.61 Å². The van der Waals surface area contributed by atoms with E-state index in [0.717, 1.165) is 18.4 Å². The quantitative estimate of drug-likeness (QED) is 0.489. The van der Waals surface area contributed by atoms with Crippen molar-refractivity contribution in [2.24, 2.45) is 0 Å². The minimum Gasteiger partial charge on any atom is -0.432 e. The van der Waals surface area contributed by atoms with Crippen LogP contribution in [-0.4, -0.2) is 43.0 Å². The summed E-state index contributed by atoms with van der Waals surface area (Å²) in [5, 5.41) is 12.6. The molecule has 182 valence electrons. The van der Waals surface area contributed by atoms with E-state index in [1.165, 1.54) is 47.9 Å². The summed E-state index contributed by atoms with van der Waals surface area (Å²) in [5.41, 5.74) is 1.34. The molecule has 0 saturated carbocycles. The lowest BCUT2D eigenvalue weighted by atomic mass is 10.2. The van der Waals surface area contributed by atoms with E-state index in [1.807, 2.05) is 0 Å². The van der Waals surface area contributed by atoms with Crippen LogP contribution in [0.3, 0.4) is 0 Å². The molecule has 1 heterocycles. The van der Waals surface area contributed by atoms with Gasteiger partial charge in [0.1, 0.15) is 5.82 Å². The Morgan fingerprint density at radius 1 is 1.15 bits per heavy atom. The highest BCUT2D eigenvalue weighted by molar-refractivity contribution is 7.90. The van der Waals surface area contributed by atoms with Crippen molar-refractivity contribution in [3.05, 3.63) is 71.3 Å². The van der Waals surface area contributed by atoms with Gasteiger partial charge < -0.3 is 19.7 Å². The van der Waals surface area contributed by atoms with E-state index in [0.29, 0.717) is 17.1 Å². The van der Waals surface area contributed by atoms with Crippen LogP contribution in [0.15, 0.2) is 53.4 Å². The highest BCUT2D eigenvalue weighted by Gasteiger charge is 2.23. The minimum atomic E-state index is -3.40. The van der Waals surface area contributed by atoms with E-state index in [1.54, 1.807) is 6.92 Å². The molecule has 0 aliphatic carbocycles. The highest BCUT2D eigenvalue weighted by Crippen LogP contribution is 2.31. The average molecular weight is 497 g/mol. The van der Waals surface area contributed by atoms with Crippen LogP contribution >= 0.6 is 0 Å². The molecule has 0 aliphatic heterocycles. The summed E-state index contributed by atoms with van der Waals surface area (Å²) in [6.07, 6.45) is 0.313. The van der Waals surface area contributed by atoms with Gasteiger partial charge in [0.05, 0.1) is 22.3 Å². The molecule has 2 N–H and O–H groups in total. The third-order valence-corrected chi connectivity index (χ3v) is 6.12. The summed E-state index contributed by atoms with van der Waals surface area (Å²) in [6.45, 7) is -0.103. The number of aliphatic hydroxyl groups excluding tert-OH is 1. The molecule has 0 spiro atoms. The first-order valence-corrected chi connectivity index (χ1v) is 12.0. The SMILES string of the molecule is Cc1c(C(=O)Nc2ccc(S(C)(=O)=O)cc2)cc(CC(C)O)n1-c1ccc(F)cc1OC(F)F. The summed E-state index contributed by atoms with van der Waals surface area (Å²) in [4.78, 5) is 13.1. The van der Waals surface area contributed by atoms with Crippen molar-refractivity contribution in [1.29, 1.82) is 0 Å². The molecular weight excluding hydrogens is 473 g/mol. The van der Waals surface area contributed by atoms with Gasteiger partial charge in [-0.2, -0.15) is 8.78 Å². The number of carbonyl (C=O) groups excluding carboxylic acids is 1. The number of ether oxygens (including phenoxy) is 1. The molecule has 0 aliphatic rings. The number of sulfone groups is 1. The summed E-state index contributed by atoms with van der Waals surface area (Å²) >= 11 is 0. The molecule has 1 atom stereocenters. The van der Waals surface area contributed by atoms with Gasteiger partial charge in [0.2, 0.25) is 0 Å². The van der Waals surface area contributed by atoms with Crippen LogP contribution in [0.5, 0.6) is 5.75 Å². The number of hydrogen-bond acceptors (Lipinski definition) is 5. The predicted octanol–water partition coefficient (Wildman–Crippen LogP) is 4.11. The second kappa shape index (κ2) is 9.90. The van der Waals surface area contributed by atoms with E-state index in [2.05, 4.69) is 10.1 Å². The van der Waals surface area contributed by atoms with E-state index in [9.17, 15) is 31.5 Å². The average Bonchev–Trinajstić information content (AvgIpc) is 3.03. The van der Waals surface area contributed by atoms with Crippen molar-refractivity contribution in [3.8, 4) is 11.4 Å². The largest absolute Gasteiger partial charge is 0.432 e. The number of aliphatic hydroxyl groups is 1. The topological polar surface area (TPSA) is 97.6 Å². The number of anilines is 1. The molecule has 1 aromatic heterocycles. The van der Waals surface area contributed by atoms with Crippen molar-refractivity contribution >= 4 is 21.4 Å². The Morgan fingerprint density at radius 3 is 2.35 bits per heavy atom. The third-order valence-electron chi connectivity index (χ3n) is 4.99. The van der Waals surface area contributed by atoms with Gasteiger partial charge in [-0.3, -0.25) is 4.79 Å². The van der Waals surface area contributed by atoms with Crippen LogP contribution in [-0.2, 0) is 16.3 Å². The van der Waals surface area contributed by atoms with Crippen LogP contribution < -0.4 is 10.1 Å². The van der Waals surface area contributed by atoms with E-state index < -0.39 is 40.0 Å². The van der Waals surface area contributed by atoms with Crippen LogP contribution in [0.4, 0.5) is 18.9 Å². The Morgan fingerprint density at radius 2 is 1.79 bits per heavy atom. The molecule has 3 aromatic rings. The standard InChI is InChI=1S/C23H23F3N2O5S/c1-13(29)10-17-12-19(22(30)27-16-5-7-18(8-6-16)34(3,31)32)14(2)28(17)20-9-4-15(24)11-21(20)33-23(25)26/h4-9,11-13,23,29H,10H2,1-3H3,(H,27,30). The van der Waals surface area contributed by atoms with Crippen molar-refractivity contribution in [2.45, 2.75) is 37.9 Å². The Hall–Kier alpha value is -3.31. The highest BCUT2D eigenvalue weighted by atomic mass is 32.2. The molecule has 3 rings (SSSR count). The number of rotatable bonds is 8. The second-order valence-electron chi connectivity index (χ2n) is 7.76. The lowest BCUT2D eigenvalue weighted by Crippen LogP contribution is -2.14. The fourth-order valence-corrected chi connectivity index (χ4v) is 4.17. The van der Waals surface area contributed by atoms with E-state index in [-0.39, 0.29) is 22.6 Å². The molecule has 1 unspecified atom stereocenters. The first kappa shape index (κ1) is 25.3. The molecule has 0 radical (unpaired) electrons. The van der Waals surface area contributed by atoms with Gasteiger partial charge in [0.25, 0.3) is 5.91 Å². The Bertz CT molecular complexity index is 1300. The number of nitrogens with zero attached hydrogens (tertiary/aromatic N) is 1. The maximum atomic E-state index is 13.7. The smallest absolute Gasteiger partial charge is 0.387 e. The molecular formula is C23H23F3N2O5S. The number of nitrogens with one attached hydrogen (secondary N) is 1. The van der Waals surface area contributed by atoms with Gasteiger partial charge in [0, 0.05) is 35.8 Å². The normalized spacial score (nSPS) is 12.6. The van der Waals surface area contributed by atoms with Gasteiger partial charge in [-0.1, -0.05) is 0 Å². The number of aromatic nitrogens is 1. The number of benzene rings is 2. The first-order valence-electron chi connectivity index (χ1n) is 10.1. The zero-order valence-corrected chi connectivity index (χ0v) is 19.4. The molecule has 0 fully saturated rings. The lowest BCUT2D eigenvalue weighted by molar-refractivity contribution is -0.0500. The first-order chi connectivity index (χ1) is 15.9. The summed E-state index contributed by atoms with van der Waals surface area (Å²) < 4.78 is 68.8. The summed E-state index contributed by atoms with van der Waals surface area (Å²) in [6, 6.07) is 10.2. The van der Waals surface area contributed by atoms with Crippen molar-refractivity contribution < 1.29 is 36.2 Å². The number of alkyl halides is 2. The monoisotopic (exact) mass is 496 g/mol. The van der Waals surface area contributed by atoms with E-state index in [4.69, 9.17) is 0 Å². The molecule has 34 heavy (non-hydrogen) atoms. The van der Waals surface area contributed by atoms with Crippen LogP contribution in [0.1, 0.15) is 28.7 Å². The van der Waals surface area contributed by atoms with Crippen molar-refractivity contribution in [3.63, 3.8) is 0 Å². The van der Waals surface area contributed by atoms with Crippen molar-refractivity contribution in [2.75, 3.05) is 11.6 Å². The van der Waals surface area contributed by atoms with Gasteiger partial charge in [-0.05, 0) is 56.3 Å². The molecule has 7 nitrogen and oxygen atoms in total. The molecule has 0 bridgehead atoms. The molecule has 0 saturated heterocycles. The minimum absolute atomic E-state index is 0.0721. The van der Waals surface area contributed by atoms with Crippen LogP contribution in [0.25, 0.3) is 5.69 Å². The van der Waals surface area contributed by atoms with Crippen LogP contribution in [0.2, 0.25) is 0 Å². The number of hydrogen-bond donors (Lipinski definition) is 2. The Labute approximate surface area is 194 Å². The van der Waals surface area contributed by atoms with Gasteiger partial charge in [-0.25, -0.2) is 12.8 Å². The number of amides is 1. The van der Waals surface area contributed by atoms with Crippen molar-refractivity contribution in [1.82, 2.24) is 4.57 Å². The maximum absolute atomic E-state index is 13.7. The third kappa shape index (κ3) is 5.78. The molecule has 1 amide bonds. The predicted molar refractivity (Wildman–Crippen MR) is 120 cm³/mol. The fourth-order valence-electron chi connectivity index (χ4n) is 3.54. The zero-order valence-electron chi connectivity index (χ0n) is 18.6. The van der Waals surface area contributed by atoms with Gasteiger partial charge in [0.15, 0.2) is 15.6 Å². The summed E-state index contributed by atoms with van der Waals surface area (Å²) in [7, 11) is -3.40. The number of carbonyl (C=O) groups is 1. The Kier molecular flexibility index (Phi) is 7.37. The fraction of sp³-hybridized carbons (Fsp3) is 0.261. The van der Waals surface area contributed by atoms with Crippen LogP contribution in [0, 0.1) is 12.7 Å². The number of halogens is 3. The summed E-state index contributed by atoms with van der Waals surface area (Å²) in [5.74, 6) is -1.76. The Balaban J connectivity index is 2.03. The van der Waals surface area contributed by atoms with E-state index >= 15 is 0 Å². The lowest BCUT2D eigenvalue weighted by Gasteiger charge is -2.17.